The van der Waals surface area contributed by atoms with E-state index in [-0.39, 0.29) is 30.6 Å². The Labute approximate surface area is 71.5 Å². The molecule has 12 heavy (non-hydrogen) atoms. The van der Waals surface area contributed by atoms with Gasteiger partial charge in [-0.2, -0.15) is 0 Å². The maximum absolute atomic E-state index is 10.8. The zero-order valence-corrected chi connectivity index (χ0v) is 7.59. The van der Waals surface area contributed by atoms with E-state index >= 15 is 0 Å². The Morgan fingerprint density at radius 3 is 1.67 bits per heavy atom. The van der Waals surface area contributed by atoms with Gasteiger partial charge in [0.15, 0.2) is 0 Å². The van der Waals surface area contributed by atoms with Gasteiger partial charge in [0.25, 0.3) is 0 Å². The van der Waals surface area contributed by atoms with E-state index in [9.17, 15) is 14.4 Å². The van der Waals surface area contributed by atoms with E-state index in [0.717, 1.165) is 4.90 Å². The van der Waals surface area contributed by atoms with Crippen molar-refractivity contribution < 1.29 is 14.4 Å². The first-order valence-electron chi connectivity index (χ1n) is 3.73. The number of carbonyl (C=O) groups excluding carboxylic acids is 3. The predicted octanol–water partition coefficient (Wildman–Crippen LogP) is 0.360. The molecule has 0 unspecified atom stereocenters. The summed E-state index contributed by atoms with van der Waals surface area (Å²) in [5, 5.41) is 0. The zero-order valence-electron chi connectivity index (χ0n) is 7.59. The molecule has 0 aromatic heterocycles. The van der Waals surface area contributed by atoms with Gasteiger partial charge >= 0.3 is 0 Å². The fourth-order valence-corrected chi connectivity index (χ4v) is 0.806. The van der Waals surface area contributed by atoms with Crippen LogP contribution in [0.25, 0.3) is 0 Å². The molecule has 0 atom stereocenters. The van der Waals surface area contributed by atoms with Gasteiger partial charge in [0.2, 0.25) is 11.8 Å². The lowest BCUT2D eigenvalue weighted by atomic mass is 10.3. The lowest BCUT2D eigenvalue weighted by molar-refractivity contribution is -0.142. The minimum Gasteiger partial charge on any atom is -0.300 e. The summed E-state index contributed by atoms with van der Waals surface area (Å²) in [5.41, 5.74) is 0. The average molecular weight is 171 g/mol. The van der Waals surface area contributed by atoms with E-state index < -0.39 is 0 Å². The van der Waals surface area contributed by atoms with Gasteiger partial charge in [0, 0.05) is 26.8 Å². The summed E-state index contributed by atoms with van der Waals surface area (Å²) in [6, 6.07) is 0. The van der Waals surface area contributed by atoms with Crippen LogP contribution in [0.15, 0.2) is 0 Å². The molecule has 0 N–H and O–H groups in total. The second-order valence-corrected chi connectivity index (χ2v) is 2.64. The normalized spacial score (nSPS) is 9.25. The third kappa shape index (κ3) is 3.85. The lowest BCUT2D eigenvalue weighted by Crippen LogP contribution is -2.34. The minimum atomic E-state index is -0.316. The van der Waals surface area contributed by atoms with Crippen molar-refractivity contribution in [2.24, 2.45) is 0 Å². The number of amides is 2. The first-order chi connectivity index (χ1) is 5.45. The summed E-state index contributed by atoms with van der Waals surface area (Å²) in [7, 11) is 0. The third-order valence-electron chi connectivity index (χ3n) is 1.45. The molecule has 0 fully saturated rings. The molecule has 0 aliphatic heterocycles. The van der Waals surface area contributed by atoms with Crippen LogP contribution in [0.4, 0.5) is 0 Å². The highest BCUT2D eigenvalue weighted by Gasteiger charge is 2.13. The molecule has 0 aromatic rings. The van der Waals surface area contributed by atoms with Crippen LogP contribution in [0.1, 0.15) is 27.2 Å². The van der Waals surface area contributed by atoms with Crippen molar-refractivity contribution in [3.05, 3.63) is 0 Å². The maximum atomic E-state index is 10.8. The highest BCUT2D eigenvalue weighted by molar-refractivity contribution is 5.93. The molecule has 0 rings (SSSR count). The molecule has 68 valence electrons. The summed E-state index contributed by atoms with van der Waals surface area (Å²) in [5.74, 6) is -0.657. The first kappa shape index (κ1) is 10.8. The van der Waals surface area contributed by atoms with Crippen LogP contribution in [0.5, 0.6) is 0 Å². The van der Waals surface area contributed by atoms with Crippen molar-refractivity contribution in [3.63, 3.8) is 0 Å². The SMILES string of the molecule is CC(=O)CCN(C(C)=O)C(C)=O. The van der Waals surface area contributed by atoms with Gasteiger partial charge in [0.1, 0.15) is 5.78 Å². The lowest BCUT2D eigenvalue weighted by Gasteiger charge is -2.15. The van der Waals surface area contributed by atoms with E-state index in [1.54, 1.807) is 0 Å². The monoisotopic (exact) mass is 171 g/mol. The predicted molar refractivity (Wildman–Crippen MR) is 43.4 cm³/mol. The molecule has 0 aromatic carbocycles. The molecule has 0 saturated carbocycles. The molecule has 0 radical (unpaired) electrons. The van der Waals surface area contributed by atoms with Gasteiger partial charge in [-0.1, -0.05) is 0 Å². The van der Waals surface area contributed by atoms with Crippen LogP contribution in [-0.4, -0.2) is 29.0 Å². The molecule has 0 bridgehead atoms. The molecule has 0 spiro atoms. The molecule has 2 amide bonds. The number of rotatable bonds is 3. The Bertz CT molecular complexity index is 196. The summed E-state index contributed by atoms with van der Waals surface area (Å²) >= 11 is 0. The zero-order chi connectivity index (χ0) is 9.72. The standard InChI is InChI=1S/C8H13NO3/c1-6(10)4-5-9(7(2)11)8(3)12/h4-5H2,1-3H3. The Kier molecular flexibility index (Phi) is 4.18. The van der Waals surface area contributed by atoms with Gasteiger partial charge in [0.05, 0.1) is 0 Å². The van der Waals surface area contributed by atoms with Crippen LogP contribution in [0, 0.1) is 0 Å². The van der Waals surface area contributed by atoms with E-state index in [1.807, 2.05) is 0 Å². The number of Topliss-reactive ketones (excluding diaryl/α,β-unsaturated/α-hetero) is 1. The van der Waals surface area contributed by atoms with Gasteiger partial charge in [-0.05, 0) is 6.92 Å². The van der Waals surface area contributed by atoms with Gasteiger partial charge in [-0.3, -0.25) is 19.3 Å². The number of imide groups is 1. The molecular weight excluding hydrogens is 158 g/mol. The number of ketones is 1. The maximum Gasteiger partial charge on any atom is 0.226 e. The second-order valence-electron chi connectivity index (χ2n) is 2.64. The largest absolute Gasteiger partial charge is 0.300 e. The molecule has 0 saturated heterocycles. The van der Waals surface area contributed by atoms with E-state index in [4.69, 9.17) is 0 Å². The molecule has 4 heteroatoms. The molecule has 0 aliphatic rings. The fourth-order valence-electron chi connectivity index (χ4n) is 0.806. The summed E-state index contributed by atoms with van der Waals surface area (Å²) in [4.78, 5) is 33.2. The molecular formula is C8H13NO3. The molecule has 0 aliphatic carbocycles. The van der Waals surface area contributed by atoms with Crippen molar-refractivity contribution in [3.8, 4) is 0 Å². The van der Waals surface area contributed by atoms with Crippen LogP contribution in [-0.2, 0) is 14.4 Å². The Hall–Kier alpha value is -1.19. The highest BCUT2D eigenvalue weighted by atomic mass is 16.2. The van der Waals surface area contributed by atoms with Crippen LogP contribution < -0.4 is 0 Å². The topological polar surface area (TPSA) is 54.5 Å². The van der Waals surface area contributed by atoms with E-state index in [0.29, 0.717) is 0 Å². The van der Waals surface area contributed by atoms with Crippen molar-refractivity contribution >= 4 is 17.6 Å². The van der Waals surface area contributed by atoms with Crippen molar-refractivity contribution in [1.29, 1.82) is 0 Å². The Morgan fingerprint density at radius 1 is 1.00 bits per heavy atom. The van der Waals surface area contributed by atoms with Crippen molar-refractivity contribution in [2.75, 3.05) is 6.54 Å². The fraction of sp³-hybridized carbons (Fsp3) is 0.625. The van der Waals surface area contributed by atoms with Crippen LogP contribution in [0.3, 0.4) is 0 Å². The van der Waals surface area contributed by atoms with Crippen molar-refractivity contribution in [1.82, 2.24) is 4.90 Å². The minimum absolute atomic E-state index is 0.0255. The first-order valence-corrected chi connectivity index (χ1v) is 3.73. The number of nitrogens with zero attached hydrogens (tertiary/aromatic N) is 1. The number of hydrogen-bond donors (Lipinski definition) is 0. The Balaban J connectivity index is 4.06. The quantitative estimate of drug-likeness (QED) is 0.616. The van der Waals surface area contributed by atoms with Gasteiger partial charge < -0.3 is 0 Å². The summed E-state index contributed by atoms with van der Waals surface area (Å²) < 4.78 is 0. The summed E-state index contributed by atoms with van der Waals surface area (Å²) in [6.45, 7) is 4.24. The molecule has 4 nitrogen and oxygen atoms in total. The van der Waals surface area contributed by atoms with E-state index in [1.165, 1.54) is 20.8 Å². The van der Waals surface area contributed by atoms with E-state index in [2.05, 4.69) is 0 Å². The summed E-state index contributed by atoms with van der Waals surface area (Å²) in [6.07, 6.45) is 0.235. The number of carbonyl (C=O) groups is 3. The van der Waals surface area contributed by atoms with Crippen LogP contribution in [0.2, 0.25) is 0 Å². The second kappa shape index (κ2) is 4.64. The van der Waals surface area contributed by atoms with Gasteiger partial charge in [-0.25, -0.2) is 0 Å². The highest BCUT2D eigenvalue weighted by Crippen LogP contribution is 1.94. The van der Waals surface area contributed by atoms with Gasteiger partial charge in [-0.15, -0.1) is 0 Å². The smallest absolute Gasteiger partial charge is 0.226 e. The Morgan fingerprint density at radius 2 is 1.42 bits per heavy atom. The van der Waals surface area contributed by atoms with Crippen molar-refractivity contribution in [2.45, 2.75) is 27.2 Å². The average Bonchev–Trinajstić information content (AvgIpc) is 1.84. The van der Waals surface area contributed by atoms with Crippen LogP contribution >= 0.6 is 0 Å². The number of hydrogen-bond acceptors (Lipinski definition) is 3. The third-order valence-corrected chi connectivity index (χ3v) is 1.45. The molecule has 0 heterocycles.